The molecule has 0 saturated carbocycles. The van der Waals surface area contributed by atoms with Gasteiger partial charge in [-0.15, -0.1) is 0 Å². The molecule has 0 fully saturated rings. The molecule has 0 atom stereocenters. The van der Waals surface area contributed by atoms with Gasteiger partial charge in [-0.05, 0) is 11.4 Å². The zero-order valence-corrected chi connectivity index (χ0v) is 10.1. The van der Waals surface area contributed by atoms with E-state index in [2.05, 4.69) is 15.3 Å². The summed E-state index contributed by atoms with van der Waals surface area (Å²) in [6.07, 6.45) is 1.23. The molecule has 2 rings (SSSR count). The van der Waals surface area contributed by atoms with Gasteiger partial charge in [0.2, 0.25) is 0 Å². The Balaban J connectivity index is 2.22. The number of halogens is 2. The third-order valence-corrected chi connectivity index (χ3v) is 3.19. The first-order chi connectivity index (χ1) is 7.68. The molecule has 82 valence electrons. The maximum atomic E-state index is 11.7. The van der Waals surface area contributed by atoms with Crippen LogP contribution in [0.2, 0.25) is 10.2 Å². The molecule has 0 radical (unpaired) electrons. The quantitative estimate of drug-likeness (QED) is 0.856. The molecule has 1 N–H and O–H groups in total. The molecular formula is C9H5Cl2N3OS. The fraction of sp³-hybridized carbons (Fsp3) is 0. The average molecular weight is 274 g/mol. The Hall–Kier alpha value is -1.17. The van der Waals surface area contributed by atoms with Crippen molar-refractivity contribution in [2.75, 3.05) is 5.32 Å². The summed E-state index contributed by atoms with van der Waals surface area (Å²) in [4.78, 5) is 19.2. The summed E-state index contributed by atoms with van der Waals surface area (Å²) in [5.41, 5.74) is 0.552. The number of hydrogen-bond acceptors (Lipinski definition) is 4. The van der Waals surface area contributed by atoms with E-state index in [1.54, 1.807) is 11.4 Å². The monoisotopic (exact) mass is 273 g/mol. The van der Waals surface area contributed by atoms with Crippen LogP contribution in [0.5, 0.6) is 0 Å². The Morgan fingerprint density at radius 3 is 2.88 bits per heavy atom. The van der Waals surface area contributed by atoms with Crippen molar-refractivity contribution in [2.24, 2.45) is 0 Å². The van der Waals surface area contributed by atoms with Crippen molar-refractivity contribution in [1.29, 1.82) is 0 Å². The topological polar surface area (TPSA) is 54.9 Å². The van der Waals surface area contributed by atoms with Gasteiger partial charge >= 0.3 is 0 Å². The lowest BCUT2D eigenvalue weighted by atomic mass is 10.3. The zero-order valence-electron chi connectivity index (χ0n) is 7.78. The van der Waals surface area contributed by atoms with Crippen LogP contribution in [0, 0.1) is 0 Å². The summed E-state index contributed by atoms with van der Waals surface area (Å²) in [7, 11) is 0. The molecule has 0 bridgehead atoms. The standard InChI is InChI=1S/C9H5Cl2N3OS/c10-6-7(11)12-4-13-8(6)14-9(15)5-1-2-16-3-5/h1-4H,(H,12,13,14,15). The fourth-order valence-electron chi connectivity index (χ4n) is 1.01. The number of carbonyl (C=O) groups excluding carboxylic acids is 1. The first-order valence-electron chi connectivity index (χ1n) is 4.18. The minimum atomic E-state index is -0.280. The van der Waals surface area contributed by atoms with Gasteiger partial charge in [-0.2, -0.15) is 11.3 Å². The number of thiophene rings is 1. The molecule has 0 unspecified atom stereocenters. The molecule has 2 aromatic heterocycles. The third-order valence-electron chi connectivity index (χ3n) is 1.76. The molecule has 16 heavy (non-hydrogen) atoms. The summed E-state index contributed by atoms with van der Waals surface area (Å²) in [5.74, 6) is -0.0733. The molecular weight excluding hydrogens is 269 g/mol. The Kier molecular flexibility index (Phi) is 3.38. The summed E-state index contributed by atoms with van der Waals surface area (Å²) < 4.78 is 0. The molecule has 0 aliphatic rings. The van der Waals surface area contributed by atoms with Crippen LogP contribution in [0.15, 0.2) is 23.2 Å². The van der Waals surface area contributed by atoms with Crippen LogP contribution in [0.3, 0.4) is 0 Å². The van der Waals surface area contributed by atoms with Crippen molar-refractivity contribution in [3.8, 4) is 0 Å². The summed E-state index contributed by atoms with van der Waals surface area (Å²) in [6.45, 7) is 0. The van der Waals surface area contributed by atoms with Gasteiger partial charge in [-0.25, -0.2) is 9.97 Å². The maximum Gasteiger partial charge on any atom is 0.257 e. The van der Waals surface area contributed by atoms with E-state index in [1.807, 2.05) is 5.38 Å². The van der Waals surface area contributed by atoms with Gasteiger partial charge in [0.05, 0.1) is 5.56 Å². The van der Waals surface area contributed by atoms with E-state index in [-0.39, 0.29) is 21.9 Å². The largest absolute Gasteiger partial charge is 0.305 e. The van der Waals surface area contributed by atoms with Gasteiger partial charge in [-0.3, -0.25) is 4.79 Å². The molecule has 7 heteroatoms. The molecule has 2 heterocycles. The van der Waals surface area contributed by atoms with Crippen molar-refractivity contribution >= 4 is 46.3 Å². The van der Waals surface area contributed by atoms with Crippen LogP contribution < -0.4 is 5.32 Å². The van der Waals surface area contributed by atoms with E-state index in [0.29, 0.717) is 5.56 Å². The minimum absolute atomic E-state index is 0.109. The van der Waals surface area contributed by atoms with E-state index in [4.69, 9.17) is 23.2 Å². The summed E-state index contributed by atoms with van der Waals surface area (Å²) >= 11 is 13.0. The summed E-state index contributed by atoms with van der Waals surface area (Å²) in [6, 6.07) is 1.71. The van der Waals surface area contributed by atoms with Crippen molar-refractivity contribution in [2.45, 2.75) is 0 Å². The molecule has 1 amide bonds. The lowest BCUT2D eigenvalue weighted by Crippen LogP contribution is -2.12. The van der Waals surface area contributed by atoms with E-state index in [9.17, 15) is 4.79 Å². The van der Waals surface area contributed by atoms with Crippen LogP contribution in [0.25, 0.3) is 0 Å². The normalized spacial score (nSPS) is 10.1. The van der Waals surface area contributed by atoms with Crippen molar-refractivity contribution < 1.29 is 4.79 Å². The maximum absolute atomic E-state index is 11.7. The number of rotatable bonds is 2. The number of nitrogens with zero attached hydrogens (tertiary/aromatic N) is 2. The van der Waals surface area contributed by atoms with Crippen LogP contribution in [0.4, 0.5) is 5.82 Å². The Bertz CT molecular complexity index is 515. The second-order valence-corrected chi connectivity index (χ2v) is 4.31. The van der Waals surface area contributed by atoms with Gasteiger partial charge in [-0.1, -0.05) is 23.2 Å². The number of carbonyl (C=O) groups is 1. The predicted octanol–water partition coefficient (Wildman–Crippen LogP) is 3.10. The fourth-order valence-corrected chi connectivity index (χ4v) is 1.92. The molecule has 4 nitrogen and oxygen atoms in total. The van der Waals surface area contributed by atoms with E-state index in [1.165, 1.54) is 17.7 Å². The number of amides is 1. The first-order valence-corrected chi connectivity index (χ1v) is 5.88. The van der Waals surface area contributed by atoms with Gasteiger partial charge in [0.25, 0.3) is 5.91 Å². The van der Waals surface area contributed by atoms with E-state index >= 15 is 0 Å². The Morgan fingerprint density at radius 2 is 2.19 bits per heavy atom. The molecule has 0 spiro atoms. The molecule has 0 aliphatic carbocycles. The highest BCUT2D eigenvalue weighted by Gasteiger charge is 2.12. The van der Waals surface area contributed by atoms with Crippen LogP contribution in [-0.2, 0) is 0 Å². The van der Waals surface area contributed by atoms with E-state index in [0.717, 1.165) is 0 Å². The molecule has 0 aromatic carbocycles. The second-order valence-electron chi connectivity index (χ2n) is 2.79. The summed E-state index contributed by atoms with van der Waals surface area (Å²) in [5, 5.41) is 6.33. The van der Waals surface area contributed by atoms with Gasteiger partial charge in [0.15, 0.2) is 11.0 Å². The van der Waals surface area contributed by atoms with Crippen molar-refractivity contribution in [3.05, 3.63) is 38.9 Å². The first kappa shape index (κ1) is 11.3. The number of nitrogens with one attached hydrogen (secondary N) is 1. The van der Waals surface area contributed by atoms with Crippen LogP contribution in [-0.4, -0.2) is 15.9 Å². The Morgan fingerprint density at radius 1 is 1.38 bits per heavy atom. The highest BCUT2D eigenvalue weighted by atomic mass is 35.5. The van der Waals surface area contributed by atoms with Crippen LogP contribution in [0.1, 0.15) is 10.4 Å². The average Bonchev–Trinajstić information content (AvgIpc) is 2.78. The molecule has 2 aromatic rings. The SMILES string of the molecule is O=C(Nc1ncnc(Cl)c1Cl)c1ccsc1. The van der Waals surface area contributed by atoms with Gasteiger partial charge in [0.1, 0.15) is 11.3 Å². The predicted molar refractivity (Wildman–Crippen MR) is 64.3 cm³/mol. The highest BCUT2D eigenvalue weighted by molar-refractivity contribution is 7.08. The third kappa shape index (κ3) is 2.32. The lowest BCUT2D eigenvalue weighted by Gasteiger charge is -2.04. The van der Waals surface area contributed by atoms with Gasteiger partial charge < -0.3 is 5.32 Å². The van der Waals surface area contributed by atoms with E-state index < -0.39 is 0 Å². The smallest absolute Gasteiger partial charge is 0.257 e. The highest BCUT2D eigenvalue weighted by Crippen LogP contribution is 2.25. The number of aromatic nitrogens is 2. The van der Waals surface area contributed by atoms with Gasteiger partial charge in [0, 0.05) is 5.38 Å². The molecule has 0 aliphatic heterocycles. The lowest BCUT2D eigenvalue weighted by molar-refractivity contribution is 0.102. The minimum Gasteiger partial charge on any atom is -0.305 e. The zero-order chi connectivity index (χ0) is 11.5. The van der Waals surface area contributed by atoms with Crippen molar-refractivity contribution in [1.82, 2.24) is 9.97 Å². The van der Waals surface area contributed by atoms with Crippen molar-refractivity contribution in [3.63, 3.8) is 0 Å². The number of hydrogen-bond donors (Lipinski definition) is 1. The van der Waals surface area contributed by atoms with Crippen LogP contribution >= 0.6 is 34.5 Å². The second kappa shape index (κ2) is 4.78. The molecule has 0 saturated heterocycles. The Labute approximate surface area is 105 Å². The number of anilines is 1.